The minimum Gasteiger partial charge on any atom is -0.478 e. The third-order valence-corrected chi connectivity index (χ3v) is 4.27. The van der Waals surface area contributed by atoms with Gasteiger partial charge in [-0.2, -0.15) is 13.2 Å². The van der Waals surface area contributed by atoms with Gasteiger partial charge in [-0.1, -0.05) is 12.1 Å². The smallest absolute Gasteiger partial charge is 0.416 e. The van der Waals surface area contributed by atoms with E-state index in [1.807, 2.05) is 0 Å². The average molecular weight is 378 g/mol. The molecule has 2 amide bonds. The fourth-order valence-corrected chi connectivity index (χ4v) is 2.78. The first-order valence-electron chi connectivity index (χ1n) is 8.26. The molecule has 1 heterocycles. The Hall–Kier alpha value is -3.03. The summed E-state index contributed by atoms with van der Waals surface area (Å²) in [5, 5.41) is 2.59. The Morgan fingerprint density at radius 3 is 2.48 bits per heavy atom. The Labute approximate surface area is 153 Å². The second-order valence-corrected chi connectivity index (χ2v) is 6.09. The van der Waals surface area contributed by atoms with Gasteiger partial charge in [-0.05, 0) is 36.4 Å². The van der Waals surface area contributed by atoms with Crippen LogP contribution in [0.15, 0.2) is 48.5 Å². The minimum absolute atomic E-state index is 0.112. The van der Waals surface area contributed by atoms with Crippen LogP contribution < -0.4 is 15.0 Å². The number of alkyl halides is 3. The van der Waals surface area contributed by atoms with Gasteiger partial charge in [0.1, 0.15) is 5.75 Å². The van der Waals surface area contributed by atoms with Crippen molar-refractivity contribution in [2.45, 2.75) is 18.7 Å². The Balaban J connectivity index is 1.57. The van der Waals surface area contributed by atoms with Gasteiger partial charge in [-0.3, -0.25) is 9.59 Å². The number of para-hydroxylation sites is 2. The molecule has 1 aliphatic rings. The number of hydrogen-bond donors (Lipinski definition) is 1. The van der Waals surface area contributed by atoms with Crippen molar-refractivity contribution in [3.63, 3.8) is 0 Å². The zero-order valence-electron chi connectivity index (χ0n) is 14.4. The van der Waals surface area contributed by atoms with E-state index in [0.717, 1.165) is 24.3 Å². The number of nitrogens with zero attached hydrogens (tertiary/aromatic N) is 1. The highest BCUT2D eigenvalue weighted by Crippen LogP contribution is 2.33. The van der Waals surface area contributed by atoms with Gasteiger partial charge in [0.05, 0.1) is 11.3 Å². The first kappa shape index (κ1) is 18.8. The van der Waals surface area contributed by atoms with E-state index in [4.69, 9.17) is 4.74 Å². The van der Waals surface area contributed by atoms with Crippen LogP contribution in [0.1, 0.15) is 22.3 Å². The molecule has 0 saturated carbocycles. The lowest BCUT2D eigenvalue weighted by atomic mass is 10.1. The summed E-state index contributed by atoms with van der Waals surface area (Å²) < 4.78 is 43.3. The van der Waals surface area contributed by atoms with Crippen LogP contribution in [0, 0.1) is 0 Å². The lowest BCUT2D eigenvalue weighted by Crippen LogP contribution is -2.45. The fourth-order valence-electron chi connectivity index (χ4n) is 2.78. The molecule has 5 nitrogen and oxygen atoms in total. The van der Waals surface area contributed by atoms with Gasteiger partial charge in [0, 0.05) is 25.6 Å². The topological polar surface area (TPSA) is 58.6 Å². The molecule has 0 aromatic heterocycles. The average Bonchev–Trinajstić information content (AvgIpc) is 2.65. The van der Waals surface area contributed by atoms with E-state index in [0.29, 0.717) is 11.4 Å². The van der Waals surface area contributed by atoms with Gasteiger partial charge in [0.2, 0.25) is 0 Å². The normalized spacial score (nSPS) is 16.5. The SMILES string of the molecule is CN1C(=O)C(CCNC(=O)c2ccc(C(F)(F)F)cc2)Oc2ccccc21. The van der Waals surface area contributed by atoms with Gasteiger partial charge in [-0.15, -0.1) is 0 Å². The van der Waals surface area contributed by atoms with Crippen LogP contribution in [0.4, 0.5) is 18.9 Å². The number of fused-ring (bicyclic) bond motifs is 1. The van der Waals surface area contributed by atoms with Crippen LogP contribution >= 0.6 is 0 Å². The number of ether oxygens (including phenoxy) is 1. The van der Waals surface area contributed by atoms with E-state index in [2.05, 4.69) is 5.32 Å². The van der Waals surface area contributed by atoms with Crippen molar-refractivity contribution in [2.24, 2.45) is 0 Å². The van der Waals surface area contributed by atoms with Crippen molar-refractivity contribution in [3.8, 4) is 5.75 Å². The molecule has 1 aliphatic heterocycles. The quantitative estimate of drug-likeness (QED) is 0.889. The van der Waals surface area contributed by atoms with Crippen LogP contribution in [0.2, 0.25) is 0 Å². The third kappa shape index (κ3) is 4.05. The summed E-state index contributed by atoms with van der Waals surface area (Å²) >= 11 is 0. The predicted molar refractivity (Wildman–Crippen MR) is 92.7 cm³/mol. The Morgan fingerprint density at radius 1 is 1.15 bits per heavy atom. The summed E-state index contributed by atoms with van der Waals surface area (Å²) in [6.45, 7) is 0.145. The fraction of sp³-hybridized carbons (Fsp3) is 0.263. The molecule has 3 rings (SSSR count). The maximum atomic E-state index is 12.6. The van der Waals surface area contributed by atoms with E-state index in [9.17, 15) is 22.8 Å². The second-order valence-electron chi connectivity index (χ2n) is 6.09. The molecule has 1 atom stereocenters. The molecule has 2 aromatic carbocycles. The molecule has 2 aromatic rings. The molecule has 1 N–H and O–H groups in total. The molecule has 8 heteroatoms. The number of nitrogens with one attached hydrogen (secondary N) is 1. The molecule has 142 valence electrons. The number of hydrogen-bond acceptors (Lipinski definition) is 3. The van der Waals surface area contributed by atoms with Gasteiger partial charge in [0.15, 0.2) is 6.10 Å². The van der Waals surface area contributed by atoms with E-state index >= 15 is 0 Å². The van der Waals surface area contributed by atoms with Gasteiger partial charge in [0.25, 0.3) is 11.8 Å². The van der Waals surface area contributed by atoms with Crippen molar-refractivity contribution in [3.05, 3.63) is 59.7 Å². The van der Waals surface area contributed by atoms with Gasteiger partial charge in [-0.25, -0.2) is 0 Å². The van der Waals surface area contributed by atoms with Crippen molar-refractivity contribution in [1.82, 2.24) is 5.32 Å². The monoisotopic (exact) mass is 378 g/mol. The molecule has 0 aliphatic carbocycles. The van der Waals surface area contributed by atoms with Crippen molar-refractivity contribution < 1.29 is 27.5 Å². The number of rotatable bonds is 4. The summed E-state index contributed by atoms with van der Waals surface area (Å²) in [5.74, 6) is -0.156. The Bertz CT molecular complexity index is 850. The van der Waals surface area contributed by atoms with Gasteiger partial charge >= 0.3 is 6.18 Å². The molecule has 27 heavy (non-hydrogen) atoms. The molecule has 1 unspecified atom stereocenters. The highest BCUT2D eigenvalue weighted by molar-refractivity contribution is 5.99. The molecule has 0 saturated heterocycles. The molecule has 0 spiro atoms. The van der Waals surface area contributed by atoms with Crippen LogP contribution in [0.25, 0.3) is 0 Å². The maximum Gasteiger partial charge on any atom is 0.416 e. The van der Waals surface area contributed by atoms with Gasteiger partial charge < -0.3 is 15.0 Å². The van der Waals surface area contributed by atoms with E-state index in [1.54, 1.807) is 31.3 Å². The van der Waals surface area contributed by atoms with E-state index in [1.165, 1.54) is 4.90 Å². The number of carbonyl (C=O) groups is 2. The summed E-state index contributed by atoms with van der Waals surface area (Å²) in [4.78, 5) is 25.9. The zero-order valence-corrected chi connectivity index (χ0v) is 14.4. The molecular weight excluding hydrogens is 361 g/mol. The predicted octanol–water partition coefficient (Wildman–Crippen LogP) is 3.25. The number of likely N-dealkylation sites (N-methyl/N-ethyl adjacent to an activating group) is 1. The molecule has 0 fully saturated rings. The first-order valence-corrected chi connectivity index (χ1v) is 8.26. The van der Waals surface area contributed by atoms with Crippen LogP contribution in [-0.4, -0.2) is 31.5 Å². The van der Waals surface area contributed by atoms with Crippen LogP contribution in [0.5, 0.6) is 5.75 Å². The highest BCUT2D eigenvalue weighted by Gasteiger charge is 2.32. The van der Waals surface area contributed by atoms with E-state index in [-0.39, 0.29) is 24.4 Å². The highest BCUT2D eigenvalue weighted by atomic mass is 19.4. The largest absolute Gasteiger partial charge is 0.478 e. The van der Waals surface area contributed by atoms with Crippen LogP contribution in [-0.2, 0) is 11.0 Å². The summed E-state index contributed by atoms with van der Waals surface area (Å²) in [7, 11) is 1.65. The Kier molecular flexibility index (Phi) is 5.07. The lowest BCUT2D eigenvalue weighted by Gasteiger charge is -2.31. The lowest BCUT2D eigenvalue weighted by molar-refractivity contribution is -0.137. The van der Waals surface area contributed by atoms with Crippen molar-refractivity contribution in [2.75, 3.05) is 18.5 Å². The minimum atomic E-state index is -4.45. The number of anilines is 1. The summed E-state index contributed by atoms with van der Waals surface area (Å²) in [6, 6.07) is 11.1. The molecule has 0 bridgehead atoms. The zero-order chi connectivity index (χ0) is 19.6. The Morgan fingerprint density at radius 2 is 1.81 bits per heavy atom. The standard InChI is InChI=1S/C19H17F3N2O3/c1-24-14-4-2-3-5-15(14)27-16(18(24)26)10-11-23-17(25)12-6-8-13(9-7-12)19(20,21)22/h2-9,16H,10-11H2,1H3,(H,23,25). The molecule has 0 radical (unpaired) electrons. The third-order valence-electron chi connectivity index (χ3n) is 4.27. The van der Waals surface area contributed by atoms with Crippen molar-refractivity contribution in [1.29, 1.82) is 0 Å². The first-order chi connectivity index (χ1) is 12.8. The second kappa shape index (κ2) is 7.30. The van der Waals surface area contributed by atoms with Crippen LogP contribution in [0.3, 0.4) is 0 Å². The molecular formula is C19H17F3N2O3. The number of amides is 2. The van der Waals surface area contributed by atoms with E-state index < -0.39 is 23.8 Å². The maximum absolute atomic E-state index is 12.6. The number of carbonyl (C=O) groups excluding carboxylic acids is 2. The number of halogens is 3. The van der Waals surface area contributed by atoms with Crippen molar-refractivity contribution >= 4 is 17.5 Å². The number of benzene rings is 2. The summed E-state index contributed by atoms with van der Waals surface area (Å²) in [5.41, 5.74) is -0.0316. The summed E-state index contributed by atoms with van der Waals surface area (Å²) in [6.07, 6.45) is -4.95.